The monoisotopic (exact) mass is 636 g/mol. The number of halogens is 3. The van der Waals surface area contributed by atoms with Crippen molar-refractivity contribution in [2.24, 2.45) is 21.8 Å². The second-order valence-corrected chi connectivity index (χ2v) is 11.7. The molecule has 0 spiro atoms. The zero-order chi connectivity index (χ0) is 32.8. The molecule has 3 rings (SSSR count). The molecule has 1 saturated heterocycles. The van der Waals surface area contributed by atoms with Crippen LogP contribution in [-0.2, 0) is 0 Å². The molecule has 0 bridgehead atoms. The maximum absolute atomic E-state index is 13.2. The van der Waals surface area contributed by atoms with Gasteiger partial charge in [0.25, 0.3) is 0 Å². The standard InChI is InChI=1S/C23H36FN3S.C6H4ClF.C4H9N.C2H6/c1-7-12-28-22(17(4)8-2)23-26-14-19(21-13-16(3)15-27(21)23)20(25-6)11-9-10-18(5)24;7-5-2-1-3-6(8)4-5;1-3-4-5-2;1-2/h7,9,11-12,16-18,22H,8,10,13-15H2,1-6H3;1-4H;3,5H,1,4H2,2H3;1-2H3/b11-9-,12-7-,25-20?;;;. The molecule has 4 unspecified atom stereocenters. The summed E-state index contributed by atoms with van der Waals surface area (Å²) in [5.74, 6) is 2.09. The van der Waals surface area contributed by atoms with Crippen LogP contribution in [0.25, 0.3) is 0 Å². The molecule has 1 fully saturated rings. The van der Waals surface area contributed by atoms with E-state index in [1.807, 2.05) is 57.9 Å². The van der Waals surface area contributed by atoms with E-state index < -0.39 is 6.17 Å². The summed E-state index contributed by atoms with van der Waals surface area (Å²) >= 11 is 7.29. The van der Waals surface area contributed by atoms with Gasteiger partial charge in [0.15, 0.2) is 0 Å². The minimum atomic E-state index is -0.828. The molecule has 2 heterocycles. The van der Waals surface area contributed by atoms with Gasteiger partial charge in [0, 0.05) is 36.4 Å². The van der Waals surface area contributed by atoms with Gasteiger partial charge in [-0.05, 0) is 75.3 Å². The molecule has 0 amide bonds. The Kier molecular flexibility index (Phi) is 22.9. The molecule has 4 nitrogen and oxygen atoms in total. The highest BCUT2D eigenvalue weighted by Gasteiger charge is 2.37. The molecule has 0 saturated carbocycles. The fourth-order valence-electron chi connectivity index (χ4n) is 4.36. The van der Waals surface area contributed by atoms with Crippen molar-refractivity contribution in [2.45, 2.75) is 79.2 Å². The van der Waals surface area contributed by atoms with E-state index in [1.54, 1.807) is 19.1 Å². The van der Waals surface area contributed by atoms with Gasteiger partial charge in [-0.1, -0.05) is 76.9 Å². The van der Waals surface area contributed by atoms with Crippen LogP contribution in [-0.4, -0.2) is 61.6 Å². The Hall–Kier alpha value is -2.22. The summed E-state index contributed by atoms with van der Waals surface area (Å²) in [4.78, 5) is 12.0. The quantitative estimate of drug-likeness (QED) is 0.194. The molecule has 242 valence electrons. The highest BCUT2D eigenvalue weighted by molar-refractivity contribution is 8.03. The lowest BCUT2D eigenvalue weighted by Crippen LogP contribution is -2.41. The van der Waals surface area contributed by atoms with Gasteiger partial charge in [-0.2, -0.15) is 0 Å². The van der Waals surface area contributed by atoms with Crippen LogP contribution in [0.5, 0.6) is 0 Å². The van der Waals surface area contributed by atoms with Crippen LogP contribution in [0, 0.1) is 17.7 Å². The minimum absolute atomic E-state index is 0.294. The van der Waals surface area contributed by atoms with Gasteiger partial charge in [0.2, 0.25) is 0 Å². The van der Waals surface area contributed by atoms with Crippen molar-refractivity contribution in [1.29, 1.82) is 0 Å². The average Bonchev–Trinajstić information content (AvgIpc) is 3.39. The lowest BCUT2D eigenvalue weighted by Gasteiger charge is -2.35. The molecule has 1 aromatic carbocycles. The summed E-state index contributed by atoms with van der Waals surface area (Å²) in [6, 6.07) is 5.82. The van der Waals surface area contributed by atoms with Crippen molar-refractivity contribution in [3.63, 3.8) is 0 Å². The van der Waals surface area contributed by atoms with E-state index in [0.717, 1.165) is 31.6 Å². The fraction of sp³-hybridized carbons (Fsp3) is 0.543. The van der Waals surface area contributed by atoms with Crippen LogP contribution >= 0.6 is 23.4 Å². The number of hydrogen-bond acceptors (Lipinski definition) is 5. The first-order chi connectivity index (χ1) is 20.6. The predicted molar refractivity (Wildman–Crippen MR) is 190 cm³/mol. The number of likely N-dealkylation sites (N-methyl/N-ethyl adjacent to an activating group) is 1. The SMILES string of the molecule is C/C=C\SC(C1=NCC(C(/C=C\CC(C)F)=NC)=C2CC(C)CN12)C(C)CC.C=CCNC.CC.Fc1cccc(Cl)c1. The maximum atomic E-state index is 13.2. The van der Waals surface area contributed by atoms with Crippen LogP contribution in [0.3, 0.4) is 0 Å². The molecule has 43 heavy (non-hydrogen) atoms. The lowest BCUT2D eigenvalue weighted by molar-refractivity contribution is 0.365. The molecular formula is C35H55ClF2N4S. The molecule has 2 aliphatic rings. The number of hydrogen-bond donors (Lipinski definition) is 1. The largest absolute Gasteiger partial charge is 0.332 e. The third-order valence-corrected chi connectivity index (χ3v) is 8.22. The average molecular weight is 637 g/mol. The lowest BCUT2D eigenvalue weighted by atomic mass is 9.99. The van der Waals surface area contributed by atoms with Gasteiger partial charge in [-0.25, -0.2) is 8.78 Å². The number of fused-ring (bicyclic) bond motifs is 1. The zero-order valence-electron chi connectivity index (χ0n) is 27.8. The highest BCUT2D eigenvalue weighted by atomic mass is 35.5. The van der Waals surface area contributed by atoms with Crippen LogP contribution in [0.15, 0.2) is 81.8 Å². The first kappa shape index (κ1) is 40.8. The van der Waals surface area contributed by atoms with Crippen LogP contribution in [0.1, 0.15) is 67.7 Å². The van der Waals surface area contributed by atoms with Gasteiger partial charge in [-0.15, -0.1) is 18.3 Å². The highest BCUT2D eigenvalue weighted by Crippen LogP contribution is 2.37. The van der Waals surface area contributed by atoms with Gasteiger partial charge in [0.1, 0.15) is 17.8 Å². The third-order valence-electron chi connectivity index (χ3n) is 6.58. The summed E-state index contributed by atoms with van der Waals surface area (Å²) in [5.41, 5.74) is 3.52. The number of amidine groups is 1. The molecule has 4 atom stereocenters. The number of rotatable bonds is 11. The Morgan fingerprint density at radius 1 is 1.33 bits per heavy atom. The number of allylic oxidation sites excluding steroid dienone is 4. The summed E-state index contributed by atoms with van der Waals surface area (Å²) < 4.78 is 25.3. The Labute approximate surface area is 270 Å². The Bertz CT molecular complexity index is 1060. The first-order valence-corrected chi connectivity index (χ1v) is 16.7. The van der Waals surface area contributed by atoms with Crippen molar-refractivity contribution in [3.8, 4) is 0 Å². The van der Waals surface area contributed by atoms with Gasteiger partial charge in [0.05, 0.1) is 17.5 Å². The van der Waals surface area contributed by atoms with Gasteiger partial charge >= 0.3 is 0 Å². The number of alkyl halides is 1. The van der Waals surface area contributed by atoms with E-state index in [4.69, 9.17) is 16.6 Å². The van der Waals surface area contributed by atoms with E-state index in [0.29, 0.717) is 35.1 Å². The second-order valence-electron chi connectivity index (χ2n) is 10.2. The number of aliphatic imine (C=N–C) groups is 2. The van der Waals surface area contributed by atoms with Gasteiger partial charge in [-0.3, -0.25) is 9.98 Å². The van der Waals surface area contributed by atoms with Crippen molar-refractivity contribution in [3.05, 3.63) is 82.7 Å². The van der Waals surface area contributed by atoms with E-state index in [9.17, 15) is 8.78 Å². The normalized spacial score (nSPS) is 18.4. The number of thioether (sulfide) groups is 1. The molecule has 1 aromatic rings. The smallest absolute Gasteiger partial charge is 0.124 e. The summed E-state index contributed by atoms with van der Waals surface area (Å²) in [6.07, 6.45) is 9.58. The molecule has 0 aliphatic carbocycles. The summed E-state index contributed by atoms with van der Waals surface area (Å²) in [5, 5.41) is 5.90. The molecular weight excluding hydrogens is 582 g/mol. The number of nitrogens with one attached hydrogen (secondary N) is 1. The van der Waals surface area contributed by atoms with Gasteiger partial charge < -0.3 is 10.2 Å². The van der Waals surface area contributed by atoms with Crippen LogP contribution < -0.4 is 5.32 Å². The Morgan fingerprint density at radius 2 is 2.02 bits per heavy atom. The second kappa shape index (κ2) is 24.1. The predicted octanol–water partition coefficient (Wildman–Crippen LogP) is 9.95. The van der Waals surface area contributed by atoms with Crippen LogP contribution in [0.2, 0.25) is 5.02 Å². The van der Waals surface area contributed by atoms with Crippen molar-refractivity contribution in [2.75, 3.05) is 33.7 Å². The third kappa shape index (κ3) is 15.4. The zero-order valence-corrected chi connectivity index (χ0v) is 29.4. The first-order valence-electron chi connectivity index (χ1n) is 15.4. The fourth-order valence-corrected chi connectivity index (χ4v) is 5.65. The summed E-state index contributed by atoms with van der Waals surface area (Å²) in [6.45, 7) is 20.6. The molecule has 2 aliphatic heterocycles. The Balaban J connectivity index is 0.000000962. The molecule has 0 aromatic heterocycles. The van der Waals surface area contributed by atoms with E-state index in [-0.39, 0.29) is 5.82 Å². The minimum Gasteiger partial charge on any atom is -0.332 e. The van der Waals surface area contributed by atoms with Crippen LogP contribution in [0.4, 0.5) is 8.78 Å². The maximum Gasteiger partial charge on any atom is 0.124 e. The topological polar surface area (TPSA) is 40.0 Å². The number of nitrogens with zero attached hydrogens (tertiary/aromatic N) is 3. The van der Waals surface area contributed by atoms with E-state index in [1.165, 1.54) is 29.2 Å². The van der Waals surface area contributed by atoms with E-state index in [2.05, 4.69) is 61.0 Å². The van der Waals surface area contributed by atoms with Crippen molar-refractivity contribution < 1.29 is 8.78 Å². The molecule has 8 heteroatoms. The molecule has 0 radical (unpaired) electrons. The van der Waals surface area contributed by atoms with Crippen molar-refractivity contribution >= 4 is 34.9 Å². The Morgan fingerprint density at radius 3 is 2.49 bits per heavy atom. The number of benzene rings is 1. The molecule has 1 N–H and O–H groups in total. The van der Waals surface area contributed by atoms with E-state index >= 15 is 0 Å². The van der Waals surface area contributed by atoms with Crippen molar-refractivity contribution in [1.82, 2.24) is 10.2 Å². The summed E-state index contributed by atoms with van der Waals surface area (Å²) in [7, 11) is 3.71.